The van der Waals surface area contributed by atoms with Gasteiger partial charge in [0, 0.05) is 13.0 Å². The minimum absolute atomic E-state index is 0.0211. The molecule has 1 aromatic carbocycles. The van der Waals surface area contributed by atoms with Crippen molar-refractivity contribution < 1.29 is 14.3 Å². The minimum atomic E-state index is 0.0211. The standard InChI is InChI=1S/C15H21NO3/c1-4-10-16-15(17)9-7-12-6-8-13(19-5-2)14(11-12)18-3/h4,6,8,11H,1,5,7,9-10H2,2-3H3,(H,16,17). The van der Waals surface area contributed by atoms with Gasteiger partial charge in [-0.05, 0) is 31.0 Å². The van der Waals surface area contributed by atoms with E-state index in [1.807, 2.05) is 25.1 Å². The lowest BCUT2D eigenvalue weighted by Gasteiger charge is -2.11. The zero-order chi connectivity index (χ0) is 14.1. The Kier molecular flexibility index (Phi) is 6.50. The molecule has 4 nitrogen and oxygen atoms in total. The van der Waals surface area contributed by atoms with Gasteiger partial charge in [0.1, 0.15) is 0 Å². The predicted octanol–water partition coefficient (Wildman–Crippen LogP) is 2.33. The Morgan fingerprint density at radius 1 is 1.42 bits per heavy atom. The number of hydrogen-bond donors (Lipinski definition) is 1. The first-order chi connectivity index (χ1) is 9.21. The lowest BCUT2D eigenvalue weighted by atomic mass is 10.1. The van der Waals surface area contributed by atoms with Crippen molar-refractivity contribution >= 4 is 5.91 Å². The maximum absolute atomic E-state index is 11.5. The van der Waals surface area contributed by atoms with Crippen LogP contribution in [0.15, 0.2) is 30.9 Å². The Hall–Kier alpha value is -1.97. The molecule has 0 fully saturated rings. The number of hydrogen-bond acceptors (Lipinski definition) is 3. The second-order valence-electron chi connectivity index (χ2n) is 4.01. The van der Waals surface area contributed by atoms with Gasteiger partial charge in [-0.15, -0.1) is 6.58 Å². The molecule has 1 amide bonds. The third-order valence-corrected chi connectivity index (χ3v) is 2.61. The Labute approximate surface area is 114 Å². The van der Waals surface area contributed by atoms with Crippen LogP contribution in [0.5, 0.6) is 11.5 Å². The molecule has 0 spiro atoms. The lowest BCUT2D eigenvalue weighted by Crippen LogP contribution is -2.23. The van der Waals surface area contributed by atoms with E-state index in [-0.39, 0.29) is 5.91 Å². The Balaban J connectivity index is 2.59. The molecule has 0 aromatic heterocycles. The molecule has 1 N–H and O–H groups in total. The highest BCUT2D eigenvalue weighted by Crippen LogP contribution is 2.28. The summed E-state index contributed by atoms with van der Waals surface area (Å²) in [4.78, 5) is 11.5. The number of carbonyl (C=O) groups excluding carboxylic acids is 1. The average Bonchev–Trinajstić information content (AvgIpc) is 2.44. The van der Waals surface area contributed by atoms with E-state index in [2.05, 4.69) is 11.9 Å². The highest BCUT2D eigenvalue weighted by Gasteiger charge is 2.07. The molecule has 1 aromatic rings. The number of amides is 1. The summed E-state index contributed by atoms with van der Waals surface area (Å²) in [5.74, 6) is 1.45. The summed E-state index contributed by atoms with van der Waals surface area (Å²) in [5, 5.41) is 2.75. The molecule has 0 saturated heterocycles. The van der Waals surface area contributed by atoms with Crippen molar-refractivity contribution in [2.24, 2.45) is 0 Å². The van der Waals surface area contributed by atoms with Gasteiger partial charge in [-0.25, -0.2) is 0 Å². The summed E-state index contributed by atoms with van der Waals surface area (Å²) >= 11 is 0. The van der Waals surface area contributed by atoms with E-state index >= 15 is 0 Å². The highest BCUT2D eigenvalue weighted by molar-refractivity contribution is 5.76. The number of ether oxygens (including phenoxy) is 2. The fourth-order valence-corrected chi connectivity index (χ4v) is 1.67. The van der Waals surface area contributed by atoms with E-state index in [1.165, 1.54) is 0 Å². The molecule has 4 heteroatoms. The maximum atomic E-state index is 11.5. The van der Waals surface area contributed by atoms with Crippen LogP contribution in [0.1, 0.15) is 18.9 Å². The number of aryl methyl sites for hydroxylation is 1. The summed E-state index contributed by atoms with van der Waals surface area (Å²) in [6.07, 6.45) is 2.79. The smallest absolute Gasteiger partial charge is 0.220 e. The number of benzene rings is 1. The first-order valence-electron chi connectivity index (χ1n) is 6.38. The van der Waals surface area contributed by atoms with Crippen LogP contribution in [0.3, 0.4) is 0 Å². The molecule has 0 heterocycles. The topological polar surface area (TPSA) is 47.6 Å². The molecule has 0 unspecified atom stereocenters. The van der Waals surface area contributed by atoms with E-state index in [9.17, 15) is 4.79 Å². The third kappa shape index (κ3) is 5.04. The highest BCUT2D eigenvalue weighted by atomic mass is 16.5. The van der Waals surface area contributed by atoms with Gasteiger partial charge >= 0.3 is 0 Å². The first-order valence-corrected chi connectivity index (χ1v) is 6.38. The fourth-order valence-electron chi connectivity index (χ4n) is 1.67. The zero-order valence-corrected chi connectivity index (χ0v) is 11.6. The van der Waals surface area contributed by atoms with Crippen molar-refractivity contribution in [3.8, 4) is 11.5 Å². The first kappa shape index (κ1) is 15.1. The quantitative estimate of drug-likeness (QED) is 0.732. The molecule has 19 heavy (non-hydrogen) atoms. The van der Waals surface area contributed by atoms with Gasteiger partial charge in [-0.1, -0.05) is 12.1 Å². The van der Waals surface area contributed by atoms with Crippen LogP contribution in [0.2, 0.25) is 0 Å². The van der Waals surface area contributed by atoms with E-state index in [0.717, 1.165) is 11.3 Å². The number of carbonyl (C=O) groups is 1. The number of methoxy groups -OCH3 is 1. The molecule has 0 saturated carbocycles. The molecule has 0 bridgehead atoms. The van der Waals surface area contributed by atoms with Crippen molar-refractivity contribution in [3.63, 3.8) is 0 Å². The molecular formula is C15H21NO3. The molecule has 0 aliphatic carbocycles. The van der Waals surface area contributed by atoms with Gasteiger partial charge in [0.15, 0.2) is 11.5 Å². The third-order valence-electron chi connectivity index (χ3n) is 2.61. The van der Waals surface area contributed by atoms with Gasteiger partial charge < -0.3 is 14.8 Å². The Morgan fingerprint density at radius 3 is 2.84 bits per heavy atom. The maximum Gasteiger partial charge on any atom is 0.220 e. The van der Waals surface area contributed by atoms with Crippen LogP contribution in [0.4, 0.5) is 0 Å². The van der Waals surface area contributed by atoms with E-state index in [4.69, 9.17) is 9.47 Å². The van der Waals surface area contributed by atoms with Crippen LogP contribution < -0.4 is 14.8 Å². The SMILES string of the molecule is C=CCNC(=O)CCc1ccc(OCC)c(OC)c1. The molecular weight excluding hydrogens is 242 g/mol. The van der Waals surface area contributed by atoms with Crippen LogP contribution >= 0.6 is 0 Å². The average molecular weight is 263 g/mol. The van der Waals surface area contributed by atoms with E-state index in [0.29, 0.717) is 31.7 Å². The molecule has 0 atom stereocenters. The second-order valence-corrected chi connectivity index (χ2v) is 4.01. The monoisotopic (exact) mass is 263 g/mol. The Morgan fingerprint density at radius 2 is 2.21 bits per heavy atom. The van der Waals surface area contributed by atoms with Crippen LogP contribution in [0, 0.1) is 0 Å². The minimum Gasteiger partial charge on any atom is -0.493 e. The number of rotatable bonds is 8. The molecule has 104 valence electrons. The van der Waals surface area contributed by atoms with E-state index < -0.39 is 0 Å². The van der Waals surface area contributed by atoms with Crippen molar-refractivity contribution in [3.05, 3.63) is 36.4 Å². The molecule has 0 aliphatic rings. The fraction of sp³-hybridized carbons (Fsp3) is 0.400. The second kappa shape index (κ2) is 8.19. The summed E-state index contributed by atoms with van der Waals surface area (Å²) in [7, 11) is 1.61. The van der Waals surface area contributed by atoms with Gasteiger partial charge in [-0.3, -0.25) is 4.79 Å². The van der Waals surface area contributed by atoms with Crippen molar-refractivity contribution in [1.82, 2.24) is 5.32 Å². The van der Waals surface area contributed by atoms with Crippen LogP contribution in [-0.4, -0.2) is 26.2 Å². The van der Waals surface area contributed by atoms with Gasteiger partial charge in [-0.2, -0.15) is 0 Å². The molecule has 0 radical (unpaired) electrons. The Bertz CT molecular complexity index is 429. The summed E-state index contributed by atoms with van der Waals surface area (Å²) < 4.78 is 10.7. The largest absolute Gasteiger partial charge is 0.493 e. The van der Waals surface area contributed by atoms with E-state index in [1.54, 1.807) is 13.2 Å². The van der Waals surface area contributed by atoms with Crippen LogP contribution in [-0.2, 0) is 11.2 Å². The summed E-state index contributed by atoms with van der Waals surface area (Å²) in [6, 6.07) is 5.74. The normalized spacial score (nSPS) is 9.79. The molecule has 1 rings (SSSR count). The van der Waals surface area contributed by atoms with Crippen LogP contribution in [0.25, 0.3) is 0 Å². The van der Waals surface area contributed by atoms with Crippen molar-refractivity contribution in [2.75, 3.05) is 20.3 Å². The lowest BCUT2D eigenvalue weighted by molar-refractivity contribution is -0.120. The summed E-state index contributed by atoms with van der Waals surface area (Å²) in [6.45, 7) is 6.59. The zero-order valence-electron chi connectivity index (χ0n) is 11.6. The van der Waals surface area contributed by atoms with Gasteiger partial charge in [0.05, 0.1) is 13.7 Å². The van der Waals surface area contributed by atoms with Crippen molar-refractivity contribution in [2.45, 2.75) is 19.8 Å². The van der Waals surface area contributed by atoms with Crippen molar-refractivity contribution in [1.29, 1.82) is 0 Å². The molecule has 0 aliphatic heterocycles. The predicted molar refractivity (Wildman–Crippen MR) is 75.7 cm³/mol. The number of nitrogens with one attached hydrogen (secondary N) is 1. The van der Waals surface area contributed by atoms with Gasteiger partial charge in [0.2, 0.25) is 5.91 Å². The van der Waals surface area contributed by atoms with Gasteiger partial charge in [0.25, 0.3) is 0 Å². The summed E-state index contributed by atoms with van der Waals surface area (Å²) in [5.41, 5.74) is 1.05.